The molecule has 0 N–H and O–H groups in total. The van der Waals surface area contributed by atoms with Crippen LogP contribution >= 0.6 is 0 Å². The molecule has 1 atom stereocenters. The predicted molar refractivity (Wildman–Crippen MR) is 83.4 cm³/mol. The molecule has 0 spiro atoms. The van der Waals surface area contributed by atoms with Gasteiger partial charge in [0.25, 0.3) is 0 Å². The molecule has 0 saturated heterocycles. The van der Waals surface area contributed by atoms with Crippen molar-refractivity contribution in [3.8, 4) is 0 Å². The second-order valence-electron chi connectivity index (χ2n) is 6.24. The fraction of sp³-hybridized carbons (Fsp3) is 0.556. The summed E-state index contributed by atoms with van der Waals surface area (Å²) in [7, 11) is 2.74. The van der Waals surface area contributed by atoms with Crippen LogP contribution in [0.4, 0.5) is 4.39 Å². The van der Waals surface area contributed by atoms with Gasteiger partial charge in [0.05, 0.1) is 20.6 Å². The summed E-state index contributed by atoms with van der Waals surface area (Å²) in [5.74, 6) is -0.688. The van der Waals surface area contributed by atoms with Crippen LogP contribution in [0, 0.1) is 11.2 Å². The van der Waals surface area contributed by atoms with Crippen LogP contribution in [0.15, 0.2) is 18.2 Å². The third-order valence-electron chi connectivity index (χ3n) is 4.75. The Morgan fingerprint density at radius 2 is 1.96 bits per heavy atom. The number of ether oxygens (including phenoxy) is 2. The van der Waals surface area contributed by atoms with Gasteiger partial charge in [-0.05, 0) is 54.7 Å². The normalized spacial score (nSPS) is 19.8. The molecule has 0 saturated carbocycles. The molecule has 4 nitrogen and oxygen atoms in total. The van der Waals surface area contributed by atoms with Gasteiger partial charge in [0.15, 0.2) is 0 Å². The summed E-state index contributed by atoms with van der Waals surface area (Å²) in [6.45, 7) is 0. The molecule has 1 aromatic carbocycles. The van der Waals surface area contributed by atoms with Gasteiger partial charge >= 0.3 is 11.9 Å². The number of carbonyl (C=O) groups excluding carboxylic acids is 2. The Kier molecular flexibility index (Phi) is 5.74. The van der Waals surface area contributed by atoms with E-state index in [1.807, 2.05) is 6.07 Å². The van der Waals surface area contributed by atoms with Gasteiger partial charge in [-0.25, -0.2) is 4.39 Å². The molecule has 0 bridgehead atoms. The van der Waals surface area contributed by atoms with Crippen molar-refractivity contribution in [1.29, 1.82) is 0 Å². The summed E-state index contributed by atoms with van der Waals surface area (Å²) < 4.78 is 23.4. The molecule has 1 aliphatic carbocycles. The van der Waals surface area contributed by atoms with Crippen molar-refractivity contribution in [2.24, 2.45) is 5.41 Å². The average Bonchev–Trinajstić information content (AvgIpc) is 2.54. The molecule has 0 unspecified atom stereocenters. The molecule has 5 heteroatoms. The van der Waals surface area contributed by atoms with Gasteiger partial charge in [-0.15, -0.1) is 0 Å². The number of halogens is 1. The predicted octanol–water partition coefficient (Wildman–Crippen LogP) is 3.21. The molecular formula is C18H23FO4. The maximum absolute atomic E-state index is 13.9. The van der Waals surface area contributed by atoms with E-state index in [0.29, 0.717) is 38.5 Å². The SMILES string of the molecule is COC(=O)CCC[C@@]1(CC(=O)OC)CCc2c(F)cccc2C1. The lowest BCUT2D eigenvalue weighted by molar-refractivity contribution is -0.143. The Labute approximate surface area is 136 Å². The molecular weight excluding hydrogens is 299 g/mol. The molecule has 1 aromatic rings. The maximum Gasteiger partial charge on any atom is 0.306 e. The highest BCUT2D eigenvalue weighted by Crippen LogP contribution is 2.43. The fourth-order valence-corrected chi connectivity index (χ4v) is 3.47. The molecule has 0 amide bonds. The van der Waals surface area contributed by atoms with Gasteiger partial charge in [-0.1, -0.05) is 12.1 Å². The van der Waals surface area contributed by atoms with E-state index < -0.39 is 0 Å². The molecule has 0 aromatic heterocycles. The molecule has 1 aliphatic rings. The summed E-state index contributed by atoms with van der Waals surface area (Å²) in [6.07, 6.45) is 3.95. The third kappa shape index (κ3) is 4.30. The lowest BCUT2D eigenvalue weighted by Crippen LogP contribution is -2.32. The van der Waals surface area contributed by atoms with Gasteiger partial charge in [0.2, 0.25) is 0 Å². The van der Waals surface area contributed by atoms with E-state index in [1.54, 1.807) is 6.07 Å². The Morgan fingerprint density at radius 1 is 1.22 bits per heavy atom. The standard InChI is InChI=1S/C18H23FO4/c1-22-16(20)7-4-9-18(12-17(21)23-2)10-8-14-13(11-18)5-3-6-15(14)19/h3,5-6H,4,7-12H2,1-2H3/t18-/m1/s1. The molecule has 2 rings (SSSR count). The zero-order valence-corrected chi connectivity index (χ0v) is 13.7. The highest BCUT2D eigenvalue weighted by molar-refractivity contribution is 5.70. The minimum absolute atomic E-state index is 0.177. The summed E-state index contributed by atoms with van der Waals surface area (Å²) in [4.78, 5) is 23.1. The number of benzene rings is 1. The molecule has 23 heavy (non-hydrogen) atoms. The first-order chi connectivity index (χ1) is 11.0. The van der Waals surface area contributed by atoms with Gasteiger partial charge in [-0.2, -0.15) is 0 Å². The van der Waals surface area contributed by atoms with Crippen LogP contribution in [-0.2, 0) is 31.9 Å². The molecule has 0 fully saturated rings. The van der Waals surface area contributed by atoms with Gasteiger partial charge < -0.3 is 9.47 Å². The molecule has 0 aliphatic heterocycles. The monoisotopic (exact) mass is 322 g/mol. The Hall–Kier alpha value is -1.91. The first-order valence-electron chi connectivity index (χ1n) is 7.89. The topological polar surface area (TPSA) is 52.6 Å². The quantitative estimate of drug-likeness (QED) is 0.755. The summed E-state index contributed by atoms with van der Waals surface area (Å²) >= 11 is 0. The summed E-state index contributed by atoms with van der Waals surface area (Å²) in [5.41, 5.74) is 1.43. The van der Waals surface area contributed by atoms with Crippen LogP contribution in [0.3, 0.4) is 0 Å². The minimum atomic E-state index is -0.276. The summed E-state index contributed by atoms with van der Waals surface area (Å²) in [5, 5.41) is 0. The van der Waals surface area contributed by atoms with Crippen molar-refractivity contribution in [2.45, 2.75) is 44.9 Å². The number of esters is 2. The van der Waals surface area contributed by atoms with Gasteiger partial charge in [0, 0.05) is 6.42 Å². The van der Waals surface area contributed by atoms with Crippen LogP contribution in [0.5, 0.6) is 0 Å². The fourth-order valence-electron chi connectivity index (χ4n) is 3.47. The largest absolute Gasteiger partial charge is 0.469 e. The van der Waals surface area contributed by atoms with E-state index in [2.05, 4.69) is 4.74 Å². The first-order valence-corrected chi connectivity index (χ1v) is 7.89. The Balaban J connectivity index is 2.15. The van der Waals surface area contributed by atoms with Crippen LogP contribution in [0.2, 0.25) is 0 Å². The highest BCUT2D eigenvalue weighted by atomic mass is 19.1. The van der Waals surface area contributed by atoms with E-state index in [9.17, 15) is 14.0 Å². The second kappa shape index (κ2) is 7.57. The Morgan fingerprint density at radius 3 is 2.65 bits per heavy atom. The maximum atomic E-state index is 13.9. The first kappa shape index (κ1) is 17.4. The van der Waals surface area contributed by atoms with Crippen molar-refractivity contribution in [3.63, 3.8) is 0 Å². The van der Waals surface area contributed by atoms with E-state index in [1.165, 1.54) is 20.3 Å². The van der Waals surface area contributed by atoms with Crippen molar-refractivity contribution < 1.29 is 23.5 Å². The van der Waals surface area contributed by atoms with Crippen LogP contribution in [-0.4, -0.2) is 26.2 Å². The van der Waals surface area contributed by atoms with Gasteiger partial charge in [0.1, 0.15) is 5.82 Å². The number of rotatable bonds is 6. The van der Waals surface area contributed by atoms with E-state index in [4.69, 9.17) is 4.74 Å². The minimum Gasteiger partial charge on any atom is -0.469 e. The van der Waals surface area contributed by atoms with Gasteiger partial charge in [-0.3, -0.25) is 9.59 Å². The van der Waals surface area contributed by atoms with Crippen molar-refractivity contribution >= 4 is 11.9 Å². The highest BCUT2D eigenvalue weighted by Gasteiger charge is 2.37. The van der Waals surface area contributed by atoms with Crippen LogP contribution in [0.25, 0.3) is 0 Å². The smallest absolute Gasteiger partial charge is 0.306 e. The lowest BCUT2D eigenvalue weighted by Gasteiger charge is -2.37. The molecule has 0 heterocycles. The number of methoxy groups -OCH3 is 2. The Bertz CT molecular complexity index is 584. The van der Waals surface area contributed by atoms with Crippen molar-refractivity contribution in [3.05, 3.63) is 35.1 Å². The van der Waals surface area contributed by atoms with E-state index in [-0.39, 0.29) is 23.2 Å². The number of hydrogen-bond donors (Lipinski definition) is 0. The van der Waals surface area contributed by atoms with Crippen molar-refractivity contribution in [1.82, 2.24) is 0 Å². The number of fused-ring (bicyclic) bond motifs is 1. The van der Waals surface area contributed by atoms with Crippen LogP contribution in [0.1, 0.15) is 43.2 Å². The third-order valence-corrected chi connectivity index (χ3v) is 4.75. The molecule has 0 radical (unpaired) electrons. The summed E-state index contributed by atoms with van der Waals surface area (Å²) in [6, 6.07) is 5.10. The lowest BCUT2D eigenvalue weighted by atomic mass is 9.67. The van der Waals surface area contributed by atoms with E-state index >= 15 is 0 Å². The second-order valence-corrected chi connectivity index (χ2v) is 6.24. The number of carbonyl (C=O) groups is 2. The zero-order valence-electron chi connectivity index (χ0n) is 13.7. The van der Waals surface area contributed by atoms with Crippen molar-refractivity contribution in [2.75, 3.05) is 14.2 Å². The number of hydrogen-bond acceptors (Lipinski definition) is 4. The van der Waals surface area contributed by atoms with Crippen LogP contribution < -0.4 is 0 Å². The van der Waals surface area contributed by atoms with E-state index in [0.717, 1.165) is 17.5 Å². The molecule has 126 valence electrons. The zero-order chi connectivity index (χ0) is 16.9. The average molecular weight is 322 g/mol.